The first-order valence-corrected chi connectivity index (χ1v) is 8.15. The minimum Gasteiger partial charge on any atom is -0.353 e. The Balaban J connectivity index is 1.63. The smallest absolute Gasteiger partial charge is 0.220 e. The van der Waals surface area contributed by atoms with E-state index in [0.29, 0.717) is 6.04 Å². The third-order valence-corrected chi connectivity index (χ3v) is 5.20. The molecule has 0 radical (unpaired) electrons. The Morgan fingerprint density at radius 3 is 2.53 bits per heavy atom. The average molecular weight is 266 g/mol. The van der Waals surface area contributed by atoms with Gasteiger partial charge in [0.15, 0.2) is 0 Å². The van der Waals surface area contributed by atoms with Gasteiger partial charge in [0.1, 0.15) is 0 Å². The first kappa shape index (κ1) is 14.8. The van der Waals surface area contributed by atoms with E-state index in [4.69, 9.17) is 0 Å². The molecule has 0 spiro atoms. The van der Waals surface area contributed by atoms with Gasteiger partial charge < -0.3 is 10.6 Å². The van der Waals surface area contributed by atoms with Gasteiger partial charge >= 0.3 is 0 Å². The van der Waals surface area contributed by atoms with Gasteiger partial charge in [-0.3, -0.25) is 4.79 Å². The summed E-state index contributed by atoms with van der Waals surface area (Å²) in [7, 11) is 0. The summed E-state index contributed by atoms with van der Waals surface area (Å²) < 4.78 is 0. The highest BCUT2D eigenvalue weighted by molar-refractivity contribution is 5.76. The van der Waals surface area contributed by atoms with E-state index in [1.54, 1.807) is 0 Å². The Labute approximate surface area is 117 Å². The van der Waals surface area contributed by atoms with E-state index in [2.05, 4.69) is 24.5 Å². The van der Waals surface area contributed by atoms with Gasteiger partial charge in [0, 0.05) is 12.5 Å². The van der Waals surface area contributed by atoms with E-state index in [1.165, 1.54) is 32.1 Å². The molecule has 110 valence electrons. The molecule has 1 aliphatic heterocycles. The average Bonchev–Trinajstić information content (AvgIpc) is 2.42. The monoisotopic (exact) mass is 266 g/mol. The van der Waals surface area contributed by atoms with Crippen molar-refractivity contribution in [1.29, 1.82) is 0 Å². The molecule has 2 fully saturated rings. The van der Waals surface area contributed by atoms with E-state index < -0.39 is 0 Å². The van der Waals surface area contributed by atoms with Crippen LogP contribution in [0.4, 0.5) is 0 Å². The van der Waals surface area contributed by atoms with Crippen LogP contribution in [0.5, 0.6) is 0 Å². The number of nitrogens with one attached hydrogen (secondary N) is 2. The van der Waals surface area contributed by atoms with Gasteiger partial charge in [-0.25, -0.2) is 0 Å². The Morgan fingerprint density at radius 2 is 1.84 bits per heavy atom. The van der Waals surface area contributed by atoms with E-state index in [-0.39, 0.29) is 5.91 Å². The maximum absolute atomic E-state index is 12.0. The Kier molecular flexibility index (Phi) is 5.68. The zero-order valence-corrected chi connectivity index (χ0v) is 12.6. The molecule has 1 aliphatic carbocycles. The molecule has 2 N–H and O–H groups in total. The lowest BCUT2D eigenvalue weighted by Gasteiger charge is -2.32. The predicted molar refractivity (Wildman–Crippen MR) is 78.9 cm³/mol. The van der Waals surface area contributed by atoms with Crippen LogP contribution in [0.3, 0.4) is 0 Å². The fourth-order valence-corrected chi connectivity index (χ4v) is 3.48. The number of hydrogen-bond acceptors (Lipinski definition) is 2. The third kappa shape index (κ3) is 4.79. The van der Waals surface area contributed by atoms with Gasteiger partial charge in [-0.2, -0.15) is 0 Å². The molecule has 3 heteroatoms. The number of carbonyl (C=O) groups is 1. The summed E-state index contributed by atoms with van der Waals surface area (Å²) in [6.07, 6.45) is 7.89. The fourth-order valence-electron chi connectivity index (χ4n) is 3.48. The lowest BCUT2D eigenvalue weighted by atomic mass is 9.79. The van der Waals surface area contributed by atoms with Crippen molar-refractivity contribution < 1.29 is 4.79 Å². The first-order chi connectivity index (χ1) is 9.15. The van der Waals surface area contributed by atoms with Crippen LogP contribution < -0.4 is 10.6 Å². The highest BCUT2D eigenvalue weighted by Gasteiger charge is 2.25. The van der Waals surface area contributed by atoms with Gasteiger partial charge in [-0.05, 0) is 69.4 Å². The SMILES string of the molecule is CC1CCC(NC(=O)CCC2CCNCC2)CC1C. The van der Waals surface area contributed by atoms with E-state index in [0.717, 1.165) is 43.7 Å². The van der Waals surface area contributed by atoms with Crippen molar-refractivity contribution in [3.63, 3.8) is 0 Å². The van der Waals surface area contributed by atoms with Gasteiger partial charge in [0.2, 0.25) is 5.91 Å². The van der Waals surface area contributed by atoms with Crippen LogP contribution in [-0.4, -0.2) is 25.0 Å². The second kappa shape index (κ2) is 7.28. The minimum absolute atomic E-state index is 0.283. The van der Waals surface area contributed by atoms with Crippen molar-refractivity contribution in [1.82, 2.24) is 10.6 Å². The second-order valence-corrected chi connectivity index (χ2v) is 6.76. The van der Waals surface area contributed by atoms with E-state index in [1.807, 2.05) is 0 Å². The number of carbonyl (C=O) groups excluding carboxylic acids is 1. The summed E-state index contributed by atoms with van der Waals surface area (Å²) in [6, 6.07) is 0.437. The van der Waals surface area contributed by atoms with Crippen LogP contribution in [0, 0.1) is 17.8 Å². The van der Waals surface area contributed by atoms with Gasteiger partial charge in [-0.15, -0.1) is 0 Å². The summed E-state index contributed by atoms with van der Waals surface area (Å²) in [4.78, 5) is 12.0. The molecule has 0 bridgehead atoms. The molecule has 1 amide bonds. The molecule has 0 aromatic rings. The van der Waals surface area contributed by atoms with Crippen molar-refractivity contribution in [3.8, 4) is 0 Å². The standard InChI is InChI=1S/C16H30N2O/c1-12-3-5-15(11-13(12)2)18-16(19)6-4-14-7-9-17-10-8-14/h12-15,17H,3-11H2,1-2H3,(H,18,19). The zero-order chi connectivity index (χ0) is 13.7. The van der Waals surface area contributed by atoms with Crippen LogP contribution in [-0.2, 0) is 4.79 Å². The topological polar surface area (TPSA) is 41.1 Å². The number of amides is 1. The molecule has 1 heterocycles. The van der Waals surface area contributed by atoms with Crippen LogP contribution >= 0.6 is 0 Å². The van der Waals surface area contributed by atoms with Gasteiger partial charge in [0.25, 0.3) is 0 Å². The Hall–Kier alpha value is -0.570. The molecular weight excluding hydrogens is 236 g/mol. The molecule has 3 atom stereocenters. The van der Waals surface area contributed by atoms with E-state index in [9.17, 15) is 4.79 Å². The third-order valence-electron chi connectivity index (χ3n) is 5.20. The molecule has 0 aromatic carbocycles. The number of piperidine rings is 1. The molecule has 1 saturated heterocycles. The molecule has 19 heavy (non-hydrogen) atoms. The minimum atomic E-state index is 0.283. The summed E-state index contributed by atoms with van der Waals surface area (Å²) in [5.74, 6) is 2.62. The van der Waals surface area contributed by atoms with Crippen LogP contribution in [0.15, 0.2) is 0 Å². The summed E-state index contributed by atoms with van der Waals surface area (Å²) in [6.45, 7) is 6.91. The van der Waals surface area contributed by atoms with Crippen LogP contribution in [0.2, 0.25) is 0 Å². The molecule has 2 aliphatic rings. The Morgan fingerprint density at radius 1 is 1.11 bits per heavy atom. The second-order valence-electron chi connectivity index (χ2n) is 6.76. The lowest BCUT2D eigenvalue weighted by molar-refractivity contribution is -0.122. The molecule has 3 unspecified atom stereocenters. The van der Waals surface area contributed by atoms with Crippen molar-refractivity contribution >= 4 is 5.91 Å². The maximum Gasteiger partial charge on any atom is 0.220 e. The van der Waals surface area contributed by atoms with Crippen molar-refractivity contribution in [3.05, 3.63) is 0 Å². The van der Waals surface area contributed by atoms with Crippen molar-refractivity contribution in [2.75, 3.05) is 13.1 Å². The quantitative estimate of drug-likeness (QED) is 0.821. The van der Waals surface area contributed by atoms with Crippen molar-refractivity contribution in [2.24, 2.45) is 17.8 Å². The Bertz CT molecular complexity index is 286. The van der Waals surface area contributed by atoms with Gasteiger partial charge in [-0.1, -0.05) is 13.8 Å². The lowest BCUT2D eigenvalue weighted by Crippen LogP contribution is -2.40. The van der Waals surface area contributed by atoms with E-state index >= 15 is 0 Å². The number of hydrogen-bond donors (Lipinski definition) is 2. The number of rotatable bonds is 4. The molecule has 1 saturated carbocycles. The van der Waals surface area contributed by atoms with Crippen molar-refractivity contribution in [2.45, 2.75) is 64.8 Å². The summed E-state index contributed by atoms with van der Waals surface area (Å²) in [5, 5.41) is 6.63. The predicted octanol–water partition coefficient (Wildman–Crippen LogP) is 2.71. The first-order valence-electron chi connectivity index (χ1n) is 8.15. The summed E-state index contributed by atoms with van der Waals surface area (Å²) in [5.41, 5.74) is 0. The maximum atomic E-state index is 12.0. The zero-order valence-electron chi connectivity index (χ0n) is 12.6. The molecule has 3 nitrogen and oxygen atoms in total. The largest absolute Gasteiger partial charge is 0.353 e. The van der Waals surface area contributed by atoms with Crippen LogP contribution in [0.1, 0.15) is 58.8 Å². The van der Waals surface area contributed by atoms with Gasteiger partial charge in [0.05, 0.1) is 0 Å². The fraction of sp³-hybridized carbons (Fsp3) is 0.938. The summed E-state index contributed by atoms with van der Waals surface area (Å²) >= 11 is 0. The molecular formula is C16H30N2O. The molecule has 0 aromatic heterocycles. The normalized spacial score (nSPS) is 33.1. The molecule has 2 rings (SSSR count). The highest BCUT2D eigenvalue weighted by Crippen LogP contribution is 2.29. The van der Waals surface area contributed by atoms with Crippen LogP contribution in [0.25, 0.3) is 0 Å². The highest BCUT2D eigenvalue weighted by atomic mass is 16.1.